The van der Waals surface area contributed by atoms with E-state index in [-0.39, 0.29) is 23.6 Å². The van der Waals surface area contributed by atoms with Gasteiger partial charge >= 0.3 is 0 Å². The Balaban J connectivity index is 2.46. The zero-order chi connectivity index (χ0) is 14.5. The molecule has 1 aliphatic rings. The number of carbonyl (C=O) groups excluding carboxylic acids is 1. The molecule has 1 fully saturated rings. The van der Waals surface area contributed by atoms with Crippen LogP contribution in [0, 0.1) is 5.92 Å². The summed E-state index contributed by atoms with van der Waals surface area (Å²) in [6, 6.07) is 0.183. The van der Waals surface area contributed by atoms with Crippen LogP contribution >= 0.6 is 0 Å². The van der Waals surface area contributed by atoms with Crippen LogP contribution in [0.3, 0.4) is 0 Å². The van der Waals surface area contributed by atoms with Gasteiger partial charge in [-0.2, -0.15) is 0 Å². The average Bonchev–Trinajstić information content (AvgIpc) is 2.38. The summed E-state index contributed by atoms with van der Waals surface area (Å²) in [6.45, 7) is 9.14. The van der Waals surface area contributed by atoms with Gasteiger partial charge in [-0.15, -0.1) is 0 Å². The SMILES string of the molecule is CCC1(CC)CC(NC(=O)CC(N)C(C)C)CCO1. The summed E-state index contributed by atoms with van der Waals surface area (Å²) >= 11 is 0. The molecule has 0 aromatic heterocycles. The zero-order valence-corrected chi connectivity index (χ0v) is 12.9. The monoisotopic (exact) mass is 270 g/mol. The fourth-order valence-corrected chi connectivity index (χ4v) is 2.63. The van der Waals surface area contributed by atoms with Crippen molar-refractivity contribution in [2.75, 3.05) is 6.61 Å². The predicted molar refractivity (Wildman–Crippen MR) is 77.9 cm³/mol. The second-order valence-electron chi connectivity index (χ2n) is 6.11. The Morgan fingerprint density at radius 3 is 2.58 bits per heavy atom. The molecule has 4 heteroatoms. The minimum Gasteiger partial charge on any atom is -0.375 e. The Morgan fingerprint density at radius 2 is 2.05 bits per heavy atom. The van der Waals surface area contributed by atoms with E-state index in [1.54, 1.807) is 0 Å². The zero-order valence-electron chi connectivity index (χ0n) is 12.9. The lowest BCUT2D eigenvalue weighted by Gasteiger charge is -2.40. The molecule has 0 aliphatic carbocycles. The molecule has 1 aliphatic heterocycles. The smallest absolute Gasteiger partial charge is 0.221 e. The standard InChI is InChI=1S/C15H30N2O2/c1-5-15(6-2)10-12(7-8-19-15)17-14(18)9-13(16)11(3)4/h11-13H,5-10,16H2,1-4H3,(H,17,18). The van der Waals surface area contributed by atoms with Gasteiger partial charge in [0.1, 0.15) is 0 Å². The van der Waals surface area contributed by atoms with Crippen molar-refractivity contribution in [2.24, 2.45) is 11.7 Å². The molecule has 2 unspecified atom stereocenters. The molecule has 0 aromatic rings. The van der Waals surface area contributed by atoms with Crippen molar-refractivity contribution in [1.82, 2.24) is 5.32 Å². The van der Waals surface area contributed by atoms with Gasteiger partial charge in [0, 0.05) is 25.1 Å². The van der Waals surface area contributed by atoms with E-state index in [0.717, 1.165) is 32.3 Å². The highest BCUT2D eigenvalue weighted by Gasteiger charge is 2.35. The third kappa shape index (κ3) is 4.77. The predicted octanol–water partition coefficient (Wildman–Crippen LogP) is 2.21. The molecule has 1 saturated heterocycles. The Kier molecular flexibility index (Phi) is 6.27. The molecule has 0 saturated carbocycles. The van der Waals surface area contributed by atoms with Gasteiger partial charge in [0.2, 0.25) is 5.91 Å². The molecular weight excluding hydrogens is 240 g/mol. The first kappa shape index (κ1) is 16.4. The molecule has 0 bridgehead atoms. The second-order valence-corrected chi connectivity index (χ2v) is 6.11. The van der Waals surface area contributed by atoms with Gasteiger partial charge in [0.15, 0.2) is 0 Å². The summed E-state index contributed by atoms with van der Waals surface area (Å²) in [5.74, 6) is 0.417. The summed E-state index contributed by atoms with van der Waals surface area (Å²) in [7, 11) is 0. The topological polar surface area (TPSA) is 64.4 Å². The molecule has 0 spiro atoms. The Bertz CT molecular complexity index is 288. The Hall–Kier alpha value is -0.610. The summed E-state index contributed by atoms with van der Waals surface area (Å²) < 4.78 is 5.92. The maximum atomic E-state index is 12.0. The fourth-order valence-electron chi connectivity index (χ4n) is 2.63. The Labute approximate surface area is 117 Å². The van der Waals surface area contributed by atoms with Crippen molar-refractivity contribution in [3.05, 3.63) is 0 Å². The minimum atomic E-state index is -0.0538. The fraction of sp³-hybridized carbons (Fsp3) is 0.933. The number of rotatable bonds is 6. The lowest BCUT2D eigenvalue weighted by Crippen LogP contribution is -2.49. The van der Waals surface area contributed by atoms with Crippen LogP contribution < -0.4 is 11.1 Å². The Morgan fingerprint density at radius 1 is 1.42 bits per heavy atom. The van der Waals surface area contributed by atoms with Crippen LogP contribution in [0.4, 0.5) is 0 Å². The highest BCUT2D eigenvalue weighted by atomic mass is 16.5. The first-order valence-electron chi connectivity index (χ1n) is 7.61. The van der Waals surface area contributed by atoms with E-state index in [2.05, 4.69) is 19.2 Å². The van der Waals surface area contributed by atoms with E-state index in [1.165, 1.54) is 0 Å². The van der Waals surface area contributed by atoms with E-state index >= 15 is 0 Å². The maximum Gasteiger partial charge on any atom is 0.221 e. The molecule has 1 rings (SSSR count). The maximum absolute atomic E-state index is 12.0. The van der Waals surface area contributed by atoms with Crippen molar-refractivity contribution >= 4 is 5.91 Å². The van der Waals surface area contributed by atoms with Gasteiger partial charge < -0.3 is 15.8 Å². The number of hydrogen-bond acceptors (Lipinski definition) is 3. The van der Waals surface area contributed by atoms with E-state index in [1.807, 2.05) is 13.8 Å². The van der Waals surface area contributed by atoms with Crippen LogP contribution in [0.1, 0.15) is 59.8 Å². The van der Waals surface area contributed by atoms with E-state index in [0.29, 0.717) is 12.3 Å². The molecule has 112 valence electrons. The average molecular weight is 270 g/mol. The molecule has 4 nitrogen and oxygen atoms in total. The third-order valence-electron chi connectivity index (χ3n) is 4.42. The number of hydrogen-bond donors (Lipinski definition) is 2. The van der Waals surface area contributed by atoms with Crippen LogP contribution in [0.25, 0.3) is 0 Å². The van der Waals surface area contributed by atoms with Crippen LogP contribution in [0.5, 0.6) is 0 Å². The largest absolute Gasteiger partial charge is 0.375 e. The van der Waals surface area contributed by atoms with E-state index in [9.17, 15) is 4.79 Å². The van der Waals surface area contributed by atoms with Crippen LogP contribution in [0.15, 0.2) is 0 Å². The van der Waals surface area contributed by atoms with Gasteiger partial charge in [-0.1, -0.05) is 27.7 Å². The van der Waals surface area contributed by atoms with Gasteiger partial charge in [-0.05, 0) is 31.6 Å². The number of ether oxygens (including phenoxy) is 1. The summed E-state index contributed by atoms with van der Waals surface area (Å²) in [4.78, 5) is 12.0. The summed E-state index contributed by atoms with van der Waals surface area (Å²) in [5, 5.41) is 3.13. The van der Waals surface area contributed by atoms with Gasteiger partial charge in [0.05, 0.1) is 5.60 Å². The highest BCUT2D eigenvalue weighted by molar-refractivity contribution is 5.76. The second kappa shape index (κ2) is 7.25. The van der Waals surface area contributed by atoms with Crippen molar-refractivity contribution in [1.29, 1.82) is 0 Å². The van der Waals surface area contributed by atoms with Crippen molar-refractivity contribution < 1.29 is 9.53 Å². The molecular formula is C15H30N2O2. The van der Waals surface area contributed by atoms with Gasteiger partial charge in [-0.25, -0.2) is 0 Å². The quantitative estimate of drug-likeness (QED) is 0.778. The molecule has 0 radical (unpaired) electrons. The first-order valence-corrected chi connectivity index (χ1v) is 7.61. The van der Waals surface area contributed by atoms with Crippen molar-refractivity contribution in [3.8, 4) is 0 Å². The summed E-state index contributed by atoms with van der Waals surface area (Å²) in [5.41, 5.74) is 5.90. The van der Waals surface area contributed by atoms with Crippen LogP contribution in [-0.2, 0) is 9.53 Å². The number of nitrogens with two attached hydrogens (primary N) is 1. The molecule has 19 heavy (non-hydrogen) atoms. The molecule has 1 heterocycles. The van der Waals surface area contributed by atoms with E-state index < -0.39 is 0 Å². The van der Waals surface area contributed by atoms with Gasteiger partial charge in [0.25, 0.3) is 0 Å². The van der Waals surface area contributed by atoms with E-state index in [4.69, 9.17) is 10.5 Å². The van der Waals surface area contributed by atoms with Crippen molar-refractivity contribution in [2.45, 2.75) is 77.5 Å². The van der Waals surface area contributed by atoms with Gasteiger partial charge in [-0.3, -0.25) is 4.79 Å². The summed E-state index contributed by atoms with van der Waals surface area (Å²) in [6.07, 6.45) is 4.25. The molecule has 0 aromatic carbocycles. The lowest BCUT2D eigenvalue weighted by molar-refractivity contribution is -0.126. The minimum absolute atomic E-state index is 0.0453. The number of nitrogens with one attached hydrogen (secondary N) is 1. The van der Waals surface area contributed by atoms with Crippen LogP contribution in [-0.4, -0.2) is 30.2 Å². The first-order chi connectivity index (χ1) is 8.92. The van der Waals surface area contributed by atoms with Crippen molar-refractivity contribution in [3.63, 3.8) is 0 Å². The highest BCUT2D eigenvalue weighted by Crippen LogP contribution is 2.31. The lowest BCUT2D eigenvalue weighted by atomic mass is 9.86. The molecule has 2 atom stereocenters. The van der Waals surface area contributed by atoms with Crippen LogP contribution in [0.2, 0.25) is 0 Å². The number of amides is 1. The molecule has 3 N–H and O–H groups in total. The third-order valence-corrected chi connectivity index (χ3v) is 4.42. The molecule has 1 amide bonds. The normalized spacial score (nSPS) is 24.2. The number of carbonyl (C=O) groups is 1.